The van der Waals surface area contributed by atoms with Crippen LogP contribution < -0.4 is 10.6 Å². The molecule has 4 nitrogen and oxygen atoms in total. The molecule has 144 valence electrons. The number of hydrogen-bond acceptors (Lipinski definition) is 3. The zero-order valence-electron chi connectivity index (χ0n) is 15.7. The smallest absolute Gasteiger partial charge is 0.223 e. The summed E-state index contributed by atoms with van der Waals surface area (Å²) in [6, 6.07) is 12.9. The Hall–Kier alpha value is -1.10. The van der Waals surface area contributed by atoms with E-state index in [-0.39, 0.29) is 18.3 Å². The standard InChI is InChI=1S/C21H31N3O.ClH/c1-15-11-17(9-10-22-15)21(25)23-18-12-19-7-8-20(13-18)24(19)14-16-5-3-2-4-6-16;/h2-6,15,17-20,22H,7-14H2,1H3,(H,23,25);1H/t15-,17-,18?,19?,20?;/m0./s1. The summed E-state index contributed by atoms with van der Waals surface area (Å²) in [5.74, 6) is 0.505. The van der Waals surface area contributed by atoms with Crippen molar-refractivity contribution >= 4 is 18.3 Å². The van der Waals surface area contributed by atoms with Crippen LogP contribution in [0.15, 0.2) is 30.3 Å². The van der Waals surface area contributed by atoms with Crippen LogP contribution in [0.1, 0.15) is 51.0 Å². The highest BCUT2D eigenvalue weighted by Gasteiger charge is 2.41. The van der Waals surface area contributed by atoms with Crippen molar-refractivity contribution in [3.63, 3.8) is 0 Å². The third-order valence-electron chi connectivity index (χ3n) is 6.43. The van der Waals surface area contributed by atoms with Crippen LogP contribution in [0.5, 0.6) is 0 Å². The molecule has 3 aliphatic rings. The number of rotatable bonds is 4. The number of nitrogens with one attached hydrogen (secondary N) is 2. The summed E-state index contributed by atoms with van der Waals surface area (Å²) in [7, 11) is 0. The van der Waals surface area contributed by atoms with Crippen LogP contribution in [0.2, 0.25) is 0 Å². The van der Waals surface area contributed by atoms with E-state index >= 15 is 0 Å². The topological polar surface area (TPSA) is 44.4 Å². The van der Waals surface area contributed by atoms with Crippen LogP contribution >= 0.6 is 12.4 Å². The van der Waals surface area contributed by atoms with E-state index in [2.05, 4.69) is 52.8 Å². The number of hydrogen-bond donors (Lipinski definition) is 2. The van der Waals surface area contributed by atoms with Gasteiger partial charge in [0.25, 0.3) is 0 Å². The molecule has 3 aliphatic heterocycles. The van der Waals surface area contributed by atoms with Gasteiger partial charge in [-0.05, 0) is 57.6 Å². The lowest BCUT2D eigenvalue weighted by atomic mass is 9.91. The van der Waals surface area contributed by atoms with Crippen molar-refractivity contribution in [3.05, 3.63) is 35.9 Å². The molecule has 1 amide bonds. The van der Waals surface area contributed by atoms with Gasteiger partial charge in [0.1, 0.15) is 0 Å². The Bertz CT molecular complexity index is 582. The minimum Gasteiger partial charge on any atom is -0.353 e. The molecular formula is C21H32ClN3O. The predicted octanol–water partition coefficient (Wildman–Crippen LogP) is 3.11. The fraction of sp³-hybridized carbons (Fsp3) is 0.667. The Morgan fingerprint density at radius 1 is 1.12 bits per heavy atom. The van der Waals surface area contributed by atoms with Crippen molar-refractivity contribution in [3.8, 4) is 0 Å². The maximum absolute atomic E-state index is 12.7. The first-order valence-corrected chi connectivity index (χ1v) is 10.0. The first-order chi connectivity index (χ1) is 12.2. The molecule has 1 aromatic carbocycles. The molecule has 4 rings (SSSR count). The number of halogens is 1. The molecule has 1 aromatic rings. The molecule has 3 heterocycles. The average molecular weight is 378 g/mol. The molecule has 4 atom stereocenters. The van der Waals surface area contributed by atoms with E-state index < -0.39 is 0 Å². The Kier molecular flexibility index (Phi) is 6.60. The monoisotopic (exact) mass is 377 g/mol. The van der Waals surface area contributed by atoms with Gasteiger partial charge in [-0.2, -0.15) is 0 Å². The van der Waals surface area contributed by atoms with Crippen LogP contribution in [-0.4, -0.2) is 41.5 Å². The van der Waals surface area contributed by atoms with Gasteiger partial charge in [0.2, 0.25) is 5.91 Å². The number of carbonyl (C=O) groups is 1. The molecule has 0 spiro atoms. The van der Waals surface area contributed by atoms with Crippen molar-refractivity contribution in [2.45, 2.75) is 76.2 Å². The van der Waals surface area contributed by atoms with Crippen LogP contribution in [0.25, 0.3) is 0 Å². The van der Waals surface area contributed by atoms with Crippen LogP contribution in [0.4, 0.5) is 0 Å². The van der Waals surface area contributed by atoms with Gasteiger partial charge in [0, 0.05) is 36.6 Å². The predicted molar refractivity (Wildman–Crippen MR) is 107 cm³/mol. The van der Waals surface area contributed by atoms with E-state index in [1.54, 1.807) is 0 Å². The number of carbonyl (C=O) groups excluding carboxylic acids is 1. The highest BCUT2D eigenvalue weighted by atomic mass is 35.5. The molecule has 3 saturated heterocycles. The summed E-state index contributed by atoms with van der Waals surface area (Å²) in [5.41, 5.74) is 1.41. The minimum atomic E-state index is 0. The second-order valence-corrected chi connectivity index (χ2v) is 8.30. The van der Waals surface area contributed by atoms with Crippen molar-refractivity contribution < 1.29 is 4.79 Å². The fourth-order valence-electron chi connectivity index (χ4n) is 5.13. The van der Waals surface area contributed by atoms with E-state index in [0.717, 1.165) is 38.8 Å². The van der Waals surface area contributed by atoms with Gasteiger partial charge in [-0.3, -0.25) is 9.69 Å². The number of benzene rings is 1. The molecule has 0 saturated carbocycles. The highest BCUT2D eigenvalue weighted by Crippen LogP contribution is 2.37. The van der Waals surface area contributed by atoms with Gasteiger partial charge in [-0.1, -0.05) is 30.3 Å². The van der Waals surface area contributed by atoms with Gasteiger partial charge in [-0.15, -0.1) is 12.4 Å². The Balaban J connectivity index is 0.00000196. The molecule has 2 N–H and O–H groups in total. The first-order valence-electron chi connectivity index (χ1n) is 10.0. The third-order valence-corrected chi connectivity index (χ3v) is 6.43. The summed E-state index contributed by atoms with van der Waals surface area (Å²) >= 11 is 0. The van der Waals surface area contributed by atoms with Crippen molar-refractivity contribution in [2.24, 2.45) is 5.92 Å². The molecule has 26 heavy (non-hydrogen) atoms. The number of nitrogens with zero attached hydrogens (tertiary/aromatic N) is 1. The minimum absolute atomic E-state index is 0. The van der Waals surface area contributed by atoms with Crippen molar-refractivity contribution in [1.82, 2.24) is 15.5 Å². The second kappa shape index (κ2) is 8.73. The Morgan fingerprint density at radius 2 is 1.81 bits per heavy atom. The summed E-state index contributed by atoms with van der Waals surface area (Å²) in [6.45, 7) is 4.21. The summed E-state index contributed by atoms with van der Waals surface area (Å²) < 4.78 is 0. The van der Waals surface area contributed by atoms with E-state index in [1.165, 1.54) is 18.4 Å². The number of piperidine rings is 2. The Morgan fingerprint density at radius 3 is 2.46 bits per heavy atom. The molecule has 5 heteroatoms. The van der Waals surface area contributed by atoms with E-state index in [9.17, 15) is 4.79 Å². The first kappa shape index (κ1) is 19.7. The van der Waals surface area contributed by atoms with Crippen molar-refractivity contribution in [1.29, 1.82) is 0 Å². The largest absolute Gasteiger partial charge is 0.353 e. The van der Waals surface area contributed by atoms with Crippen LogP contribution in [0.3, 0.4) is 0 Å². The molecule has 2 bridgehead atoms. The lowest BCUT2D eigenvalue weighted by Crippen LogP contribution is -2.52. The molecule has 0 aliphatic carbocycles. The van der Waals surface area contributed by atoms with Crippen LogP contribution in [0, 0.1) is 5.92 Å². The third kappa shape index (κ3) is 4.41. The normalized spacial score (nSPS) is 34.1. The maximum atomic E-state index is 12.7. The van der Waals surface area contributed by atoms with Crippen LogP contribution in [-0.2, 0) is 11.3 Å². The molecule has 0 aromatic heterocycles. The van der Waals surface area contributed by atoms with E-state index in [4.69, 9.17) is 0 Å². The molecule has 0 radical (unpaired) electrons. The van der Waals surface area contributed by atoms with Gasteiger partial charge in [0.05, 0.1) is 0 Å². The molecule has 3 fully saturated rings. The zero-order chi connectivity index (χ0) is 17.2. The van der Waals surface area contributed by atoms with Gasteiger partial charge in [0.15, 0.2) is 0 Å². The second-order valence-electron chi connectivity index (χ2n) is 8.30. The Labute approximate surface area is 163 Å². The van der Waals surface area contributed by atoms with Gasteiger partial charge >= 0.3 is 0 Å². The molecule has 2 unspecified atom stereocenters. The maximum Gasteiger partial charge on any atom is 0.223 e. The van der Waals surface area contributed by atoms with E-state index in [0.29, 0.717) is 30.1 Å². The lowest BCUT2D eigenvalue weighted by Gasteiger charge is -2.40. The van der Waals surface area contributed by atoms with Gasteiger partial charge in [-0.25, -0.2) is 0 Å². The van der Waals surface area contributed by atoms with Gasteiger partial charge < -0.3 is 10.6 Å². The fourth-order valence-corrected chi connectivity index (χ4v) is 5.13. The summed E-state index contributed by atoms with van der Waals surface area (Å²) in [5, 5.41) is 6.84. The SMILES string of the molecule is C[C@H]1C[C@@H](C(=O)NC2CC3CCC(C2)N3Cc2ccccc2)CCN1.Cl. The quantitative estimate of drug-likeness (QED) is 0.847. The zero-order valence-corrected chi connectivity index (χ0v) is 16.5. The van der Waals surface area contributed by atoms with Crippen molar-refractivity contribution in [2.75, 3.05) is 6.54 Å². The lowest BCUT2D eigenvalue weighted by molar-refractivity contribution is -0.127. The average Bonchev–Trinajstić information content (AvgIpc) is 2.85. The summed E-state index contributed by atoms with van der Waals surface area (Å²) in [6.07, 6.45) is 6.77. The number of amides is 1. The highest BCUT2D eigenvalue weighted by molar-refractivity contribution is 5.85. The van der Waals surface area contributed by atoms with E-state index in [1.807, 2.05) is 0 Å². The number of fused-ring (bicyclic) bond motifs is 2. The molecular weight excluding hydrogens is 346 g/mol. The summed E-state index contributed by atoms with van der Waals surface area (Å²) in [4.78, 5) is 15.4.